The lowest BCUT2D eigenvalue weighted by Gasteiger charge is -2.39. The van der Waals surface area contributed by atoms with Crippen LogP contribution in [-0.4, -0.2) is 38.9 Å². The van der Waals surface area contributed by atoms with E-state index in [4.69, 9.17) is 4.74 Å². The van der Waals surface area contributed by atoms with Crippen molar-refractivity contribution in [2.24, 2.45) is 13.0 Å². The van der Waals surface area contributed by atoms with E-state index in [1.807, 2.05) is 27.8 Å². The Balaban J connectivity index is 1.99. The summed E-state index contributed by atoms with van der Waals surface area (Å²) in [5.74, 6) is -1.11. The Kier molecular flexibility index (Phi) is 4.97. The highest BCUT2D eigenvalue weighted by Crippen LogP contribution is 2.33. The van der Waals surface area contributed by atoms with Gasteiger partial charge in [0, 0.05) is 7.05 Å². The van der Waals surface area contributed by atoms with Crippen LogP contribution in [0.1, 0.15) is 44.0 Å². The smallest absolute Gasteiger partial charge is 0.308 e. The van der Waals surface area contributed by atoms with Crippen LogP contribution < -0.4 is 10.1 Å². The molecule has 2 rings (SSSR count). The van der Waals surface area contributed by atoms with Crippen LogP contribution in [0.15, 0.2) is 0 Å². The average molecular weight is 323 g/mol. The van der Waals surface area contributed by atoms with Gasteiger partial charge in [0.15, 0.2) is 12.4 Å². The summed E-state index contributed by atoms with van der Waals surface area (Å²) in [5.41, 5.74) is 0.858. The molecule has 1 aromatic heterocycles. The number of carboxylic acid groups (broad SMARTS) is 1. The Morgan fingerprint density at radius 2 is 2.13 bits per heavy atom. The first-order valence-corrected chi connectivity index (χ1v) is 7.91. The molecular formula is C16H25N3O4. The second-order valence-electron chi connectivity index (χ2n) is 6.51. The maximum atomic E-state index is 12.2. The summed E-state index contributed by atoms with van der Waals surface area (Å²) in [6.07, 6.45) is 3.06. The standard InChI is InChI=1S/C16H25N3O4/c1-10-14(11(2)19(4)18-10)23-9-13(20)17-16(3)8-6-5-7-12(16)15(21)22/h12H,5-9H2,1-4H3,(H,17,20)(H,21,22). The van der Waals surface area contributed by atoms with Gasteiger partial charge in [0.25, 0.3) is 5.91 Å². The molecule has 1 amide bonds. The number of carboxylic acids is 1. The number of aliphatic carboxylic acids is 1. The topological polar surface area (TPSA) is 93.5 Å². The van der Waals surface area contributed by atoms with Crippen molar-refractivity contribution in [3.63, 3.8) is 0 Å². The van der Waals surface area contributed by atoms with E-state index < -0.39 is 17.4 Å². The normalized spacial score (nSPS) is 24.3. The SMILES string of the molecule is Cc1nn(C)c(C)c1OCC(=O)NC1(C)CCCCC1C(=O)O. The van der Waals surface area contributed by atoms with Crippen LogP contribution in [0.5, 0.6) is 5.75 Å². The van der Waals surface area contributed by atoms with Crippen molar-refractivity contribution in [3.8, 4) is 5.75 Å². The highest BCUT2D eigenvalue weighted by Gasteiger charge is 2.42. The van der Waals surface area contributed by atoms with Crippen molar-refractivity contribution < 1.29 is 19.4 Å². The maximum absolute atomic E-state index is 12.2. The minimum atomic E-state index is -0.854. The van der Waals surface area contributed by atoms with Gasteiger partial charge < -0.3 is 15.2 Å². The van der Waals surface area contributed by atoms with Gasteiger partial charge in [0.1, 0.15) is 5.69 Å². The third-order valence-corrected chi connectivity index (χ3v) is 4.72. The minimum absolute atomic E-state index is 0.144. The summed E-state index contributed by atoms with van der Waals surface area (Å²) >= 11 is 0. The summed E-state index contributed by atoms with van der Waals surface area (Å²) in [5, 5.41) is 16.5. The van der Waals surface area contributed by atoms with Crippen molar-refractivity contribution >= 4 is 11.9 Å². The average Bonchev–Trinajstić information content (AvgIpc) is 2.69. The van der Waals surface area contributed by atoms with Crippen LogP contribution in [-0.2, 0) is 16.6 Å². The van der Waals surface area contributed by atoms with Gasteiger partial charge in [-0.3, -0.25) is 14.3 Å². The quantitative estimate of drug-likeness (QED) is 0.858. The number of carbonyl (C=O) groups is 2. The van der Waals surface area contributed by atoms with Crippen LogP contribution in [0.2, 0.25) is 0 Å². The van der Waals surface area contributed by atoms with Gasteiger partial charge in [-0.1, -0.05) is 12.8 Å². The zero-order chi connectivity index (χ0) is 17.2. The molecule has 7 nitrogen and oxygen atoms in total. The summed E-state index contributed by atoms with van der Waals surface area (Å²) < 4.78 is 7.29. The Morgan fingerprint density at radius 1 is 1.43 bits per heavy atom. The molecule has 0 spiro atoms. The van der Waals surface area contributed by atoms with E-state index in [2.05, 4.69) is 10.4 Å². The Morgan fingerprint density at radius 3 is 2.70 bits per heavy atom. The molecule has 1 heterocycles. The number of amides is 1. The number of aromatic nitrogens is 2. The lowest BCUT2D eigenvalue weighted by atomic mass is 9.74. The third-order valence-electron chi connectivity index (χ3n) is 4.72. The van der Waals surface area contributed by atoms with E-state index in [-0.39, 0.29) is 12.5 Å². The first kappa shape index (κ1) is 17.3. The molecule has 7 heteroatoms. The Labute approximate surface area is 136 Å². The van der Waals surface area contributed by atoms with Crippen molar-refractivity contribution in [1.82, 2.24) is 15.1 Å². The molecule has 2 N–H and O–H groups in total. The van der Waals surface area contributed by atoms with Crippen molar-refractivity contribution in [1.29, 1.82) is 0 Å². The molecule has 1 aliphatic carbocycles. The van der Waals surface area contributed by atoms with E-state index >= 15 is 0 Å². The second kappa shape index (κ2) is 6.60. The van der Waals surface area contributed by atoms with Gasteiger partial charge in [-0.25, -0.2) is 0 Å². The first-order valence-electron chi connectivity index (χ1n) is 7.91. The highest BCUT2D eigenvalue weighted by molar-refractivity contribution is 5.80. The van der Waals surface area contributed by atoms with Crippen molar-refractivity contribution in [2.45, 2.75) is 52.0 Å². The third kappa shape index (κ3) is 3.65. The first-order chi connectivity index (χ1) is 10.7. The highest BCUT2D eigenvalue weighted by atomic mass is 16.5. The summed E-state index contributed by atoms with van der Waals surface area (Å²) in [4.78, 5) is 23.7. The molecule has 1 fully saturated rings. The minimum Gasteiger partial charge on any atom is -0.481 e. The molecular weight excluding hydrogens is 298 g/mol. The maximum Gasteiger partial charge on any atom is 0.308 e. The number of ether oxygens (including phenoxy) is 1. The molecule has 0 saturated heterocycles. The number of nitrogens with one attached hydrogen (secondary N) is 1. The van der Waals surface area contributed by atoms with Crippen LogP contribution in [0, 0.1) is 19.8 Å². The molecule has 1 saturated carbocycles. The zero-order valence-corrected chi connectivity index (χ0v) is 14.2. The molecule has 2 atom stereocenters. The van der Waals surface area contributed by atoms with Crippen LogP contribution in [0.4, 0.5) is 0 Å². The van der Waals surface area contributed by atoms with Crippen molar-refractivity contribution in [3.05, 3.63) is 11.4 Å². The molecule has 0 aliphatic heterocycles. The number of nitrogens with zero attached hydrogens (tertiary/aromatic N) is 2. The zero-order valence-electron chi connectivity index (χ0n) is 14.2. The number of rotatable bonds is 5. The number of hydrogen-bond donors (Lipinski definition) is 2. The van der Waals surface area contributed by atoms with Crippen molar-refractivity contribution in [2.75, 3.05) is 6.61 Å². The summed E-state index contributed by atoms with van der Waals surface area (Å²) in [7, 11) is 1.82. The fourth-order valence-electron chi connectivity index (χ4n) is 3.33. The molecule has 0 bridgehead atoms. The van der Waals surface area contributed by atoms with Crippen LogP contribution in [0.25, 0.3) is 0 Å². The van der Waals surface area contributed by atoms with E-state index in [0.717, 1.165) is 24.2 Å². The molecule has 1 aliphatic rings. The fraction of sp³-hybridized carbons (Fsp3) is 0.688. The predicted octanol–water partition coefficient (Wildman–Crippen LogP) is 1.57. The predicted molar refractivity (Wildman–Crippen MR) is 84.3 cm³/mol. The Bertz CT molecular complexity index is 611. The Hall–Kier alpha value is -2.05. The molecule has 2 unspecified atom stereocenters. The van der Waals surface area contributed by atoms with Gasteiger partial charge in [-0.05, 0) is 33.6 Å². The molecule has 23 heavy (non-hydrogen) atoms. The number of hydrogen-bond acceptors (Lipinski definition) is 4. The van der Waals surface area contributed by atoms with E-state index in [1.165, 1.54) is 0 Å². The summed E-state index contributed by atoms with van der Waals surface area (Å²) in [6, 6.07) is 0. The van der Waals surface area contributed by atoms with E-state index in [0.29, 0.717) is 18.6 Å². The second-order valence-corrected chi connectivity index (χ2v) is 6.51. The number of carbonyl (C=O) groups excluding carboxylic acids is 1. The lowest BCUT2D eigenvalue weighted by molar-refractivity contribution is -0.146. The lowest BCUT2D eigenvalue weighted by Crippen LogP contribution is -2.56. The largest absolute Gasteiger partial charge is 0.481 e. The fourth-order valence-corrected chi connectivity index (χ4v) is 3.33. The van der Waals surface area contributed by atoms with Gasteiger partial charge >= 0.3 is 5.97 Å². The van der Waals surface area contributed by atoms with Crippen LogP contribution in [0.3, 0.4) is 0 Å². The molecule has 0 radical (unpaired) electrons. The molecule has 128 valence electrons. The van der Waals surface area contributed by atoms with Gasteiger partial charge in [0.05, 0.1) is 17.2 Å². The van der Waals surface area contributed by atoms with Gasteiger partial charge in [-0.2, -0.15) is 5.10 Å². The van der Waals surface area contributed by atoms with Gasteiger partial charge in [0.2, 0.25) is 0 Å². The monoisotopic (exact) mass is 323 g/mol. The molecule has 1 aromatic rings. The number of aryl methyl sites for hydroxylation is 2. The van der Waals surface area contributed by atoms with E-state index in [9.17, 15) is 14.7 Å². The molecule has 0 aromatic carbocycles. The van der Waals surface area contributed by atoms with Crippen LogP contribution >= 0.6 is 0 Å². The van der Waals surface area contributed by atoms with Gasteiger partial charge in [-0.15, -0.1) is 0 Å². The summed E-state index contributed by atoms with van der Waals surface area (Å²) in [6.45, 7) is 5.36. The van der Waals surface area contributed by atoms with E-state index in [1.54, 1.807) is 4.68 Å².